The largest absolute Gasteiger partial charge is 0.480 e. The minimum absolute atomic E-state index is 0.159. The van der Waals surface area contributed by atoms with E-state index in [0.717, 1.165) is 0 Å². The molecule has 0 saturated carbocycles. The smallest absolute Gasteiger partial charge is 0.326 e. The quantitative estimate of drug-likeness (QED) is 0.0965. The van der Waals surface area contributed by atoms with Gasteiger partial charge in [0.15, 0.2) is 0 Å². The summed E-state index contributed by atoms with van der Waals surface area (Å²) in [7, 11) is 0. The van der Waals surface area contributed by atoms with E-state index in [1.54, 1.807) is 6.26 Å². The van der Waals surface area contributed by atoms with Crippen LogP contribution in [0.5, 0.6) is 0 Å². The summed E-state index contributed by atoms with van der Waals surface area (Å²) in [6.07, 6.45) is -0.367. The number of hydrogen-bond donors (Lipinski definition) is 8. The summed E-state index contributed by atoms with van der Waals surface area (Å²) in [5.41, 5.74) is 15.7. The zero-order valence-corrected chi connectivity index (χ0v) is 19.9. The van der Waals surface area contributed by atoms with E-state index < -0.39 is 65.8 Å². The molecule has 34 heavy (non-hydrogen) atoms. The molecule has 11 N–H and O–H groups in total. The van der Waals surface area contributed by atoms with Gasteiger partial charge in [0.2, 0.25) is 29.5 Å². The summed E-state index contributed by atoms with van der Waals surface area (Å²) in [5.74, 6) is -4.99. The number of hydrogen-bond acceptors (Lipinski definition) is 9. The van der Waals surface area contributed by atoms with Crippen LogP contribution in [0, 0.1) is 0 Å². The van der Waals surface area contributed by atoms with Crippen LogP contribution in [0.3, 0.4) is 0 Å². The van der Waals surface area contributed by atoms with Gasteiger partial charge in [-0.3, -0.25) is 24.0 Å². The van der Waals surface area contributed by atoms with Gasteiger partial charge in [-0.2, -0.15) is 11.8 Å². The maximum atomic E-state index is 12.9. The van der Waals surface area contributed by atoms with Crippen molar-refractivity contribution in [1.82, 2.24) is 16.0 Å². The van der Waals surface area contributed by atoms with Gasteiger partial charge in [0.25, 0.3) is 0 Å². The number of aliphatic carboxylic acids is 1. The van der Waals surface area contributed by atoms with Gasteiger partial charge in [-0.05, 0) is 38.2 Å². The first-order valence-corrected chi connectivity index (χ1v) is 11.8. The van der Waals surface area contributed by atoms with Gasteiger partial charge in [0, 0.05) is 12.8 Å². The molecule has 5 atom stereocenters. The van der Waals surface area contributed by atoms with Crippen molar-refractivity contribution in [3.05, 3.63) is 0 Å². The van der Waals surface area contributed by atoms with Gasteiger partial charge >= 0.3 is 5.97 Å². The Balaban J connectivity index is 5.55. The lowest BCUT2D eigenvalue weighted by Crippen LogP contribution is -2.58. The van der Waals surface area contributed by atoms with E-state index in [-0.39, 0.29) is 32.1 Å². The second-order valence-electron chi connectivity index (χ2n) is 7.58. The maximum absolute atomic E-state index is 12.9. The first kappa shape index (κ1) is 31.1. The molecule has 0 saturated heterocycles. The maximum Gasteiger partial charge on any atom is 0.326 e. The SMILES string of the molecule is CSCCC(NC(=O)C(N)C(C)O)C(=O)NC(CCC(N)=O)C(=O)NC(CCC(N)=O)C(=O)O. The van der Waals surface area contributed by atoms with Gasteiger partial charge in [-0.1, -0.05) is 0 Å². The number of aliphatic hydroxyl groups excluding tert-OH is 1. The van der Waals surface area contributed by atoms with Gasteiger partial charge in [-0.25, -0.2) is 4.79 Å². The van der Waals surface area contributed by atoms with Crippen LogP contribution in [-0.2, 0) is 28.8 Å². The van der Waals surface area contributed by atoms with Crippen molar-refractivity contribution in [3.8, 4) is 0 Å². The molecule has 0 radical (unpaired) electrons. The molecule has 5 amide bonds. The second kappa shape index (κ2) is 15.8. The molecule has 0 aromatic heterocycles. The molecule has 0 spiro atoms. The minimum atomic E-state index is -1.47. The van der Waals surface area contributed by atoms with Crippen molar-refractivity contribution >= 4 is 47.3 Å². The molecule has 0 bridgehead atoms. The molecule has 0 fully saturated rings. The summed E-state index contributed by atoms with van der Waals surface area (Å²) in [5, 5.41) is 25.8. The Hall–Kier alpha value is -2.91. The molecule has 0 aliphatic carbocycles. The van der Waals surface area contributed by atoms with Crippen LogP contribution in [0.4, 0.5) is 0 Å². The van der Waals surface area contributed by atoms with E-state index in [4.69, 9.17) is 17.2 Å². The number of nitrogens with one attached hydrogen (secondary N) is 3. The number of primary amides is 2. The van der Waals surface area contributed by atoms with E-state index in [1.165, 1.54) is 18.7 Å². The fourth-order valence-electron chi connectivity index (χ4n) is 2.64. The number of carbonyl (C=O) groups is 6. The van der Waals surface area contributed by atoms with Crippen LogP contribution < -0.4 is 33.2 Å². The highest BCUT2D eigenvalue weighted by atomic mass is 32.2. The highest BCUT2D eigenvalue weighted by Gasteiger charge is 2.31. The van der Waals surface area contributed by atoms with Crippen LogP contribution in [0.25, 0.3) is 0 Å². The molecular weight excluding hydrogens is 472 g/mol. The second-order valence-corrected chi connectivity index (χ2v) is 8.57. The Kier molecular flexibility index (Phi) is 14.5. The molecule has 0 aromatic rings. The molecule has 0 aliphatic rings. The number of amides is 5. The van der Waals surface area contributed by atoms with Crippen LogP contribution in [0.15, 0.2) is 0 Å². The topological polar surface area (TPSA) is 257 Å². The Morgan fingerprint density at radius 2 is 1.21 bits per heavy atom. The van der Waals surface area contributed by atoms with Gasteiger partial charge < -0.3 is 43.4 Å². The molecule has 0 heterocycles. The number of thioether (sulfide) groups is 1. The summed E-state index contributed by atoms with van der Waals surface area (Å²) in [4.78, 5) is 71.4. The third-order valence-corrected chi connectivity index (χ3v) is 5.32. The third kappa shape index (κ3) is 12.4. The van der Waals surface area contributed by atoms with Gasteiger partial charge in [0.05, 0.1) is 6.10 Å². The van der Waals surface area contributed by atoms with E-state index in [2.05, 4.69) is 16.0 Å². The van der Waals surface area contributed by atoms with Crippen molar-refractivity contribution < 1.29 is 39.0 Å². The third-order valence-electron chi connectivity index (χ3n) is 4.67. The highest BCUT2D eigenvalue weighted by Crippen LogP contribution is 2.06. The fraction of sp³-hybridized carbons (Fsp3) is 0.684. The molecule has 0 aliphatic heterocycles. The monoisotopic (exact) mass is 506 g/mol. The van der Waals surface area contributed by atoms with Gasteiger partial charge in [-0.15, -0.1) is 0 Å². The Morgan fingerprint density at radius 3 is 1.62 bits per heavy atom. The van der Waals surface area contributed by atoms with Crippen molar-refractivity contribution in [2.75, 3.05) is 12.0 Å². The standard InChI is InChI=1S/C19H34N6O8S/c1-9(26)15(22)18(31)24-11(7-8-34-2)17(30)23-10(3-5-13(20)27)16(29)25-12(19(32)33)4-6-14(21)28/h9-12,15,26H,3-8,22H2,1-2H3,(H2,20,27)(H2,21,28)(H,23,30)(H,24,31)(H,25,29)(H,32,33). The lowest BCUT2D eigenvalue weighted by atomic mass is 10.1. The first-order valence-electron chi connectivity index (χ1n) is 10.4. The molecule has 5 unspecified atom stereocenters. The number of carboxylic acids is 1. The normalized spacial score (nSPS) is 15.2. The zero-order valence-electron chi connectivity index (χ0n) is 19.1. The number of nitrogens with two attached hydrogens (primary N) is 3. The lowest BCUT2D eigenvalue weighted by Gasteiger charge is -2.25. The van der Waals surface area contributed by atoms with E-state index >= 15 is 0 Å². The summed E-state index contributed by atoms with van der Waals surface area (Å²) in [6.45, 7) is 1.31. The Labute approximate surface area is 201 Å². The molecule has 194 valence electrons. The highest BCUT2D eigenvalue weighted by molar-refractivity contribution is 7.98. The van der Waals surface area contributed by atoms with E-state index in [1.807, 2.05) is 0 Å². The first-order chi connectivity index (χ1) is 15.8. The van der Waals surface area contributed by atoms with Crippen LogP contribution in [0.2, 0.25) is 0 Å². The average molecular weight is 507 g/mol. The van der Waals surface area contributed by atoms with Crippen molar-refractivity contribution in [2.24, 2.45) is 17.2 Å². The Bertz CT molecular complexity index is 750. The fourth-order valence-corrected chi connectivity index (χ4v) is 3.11. The number of aliphatic hydroxyl groups is 1. The van der Waals surface area contributed by atoms with Crippen molar-refractivity contribution in [2.45, 2.75) is 69.3 Å². The average Bonchev–Trinajstić information content (AvgIpc) is 2.74. The molecule has 15 heteroatoms. The number of rotatable bonds is 17. The lowest BCUT2D eigenvalue weighted by molar-refractivity contribution is -0.142. The summed E-state index contributed by atoms with van der Waals surface area (Å²) < 4.78 is 0. The molecule has 0 aromatic carbocycles. The predicted molar refractivity (Wildman–Crippen MR) is 123 cm³/mol. The van der Waals surface area contributed by atoms with Crippen molar-refractivity contribution in [3.63, 3.8) is 0 Å². The predicted octanol–water partition coefficient (Wildman–Crippen LogP) is -3.48. The number of carbonyl (C=O) groups excluding carboxylic acids is 5. The Morgan fingerprint density at radius 1 is 0.794 bits per heavy atom. The van der Waals surface area contributed by atoms with Gasteiger partial charge in [0.1, 0.15) is 24.2 Å². The molecule has 14 nitrogen and oxygen atoms in total. The van der Waals surface area contributed by atoms with Crippen LogP contribution >= 0.6 is 11.8 Å². The summed E-state index contributed by atoms with van der Waals surface area (Å²) in [6, 6.07) is -5.25. The minimum Gasteiger partial charge on any atom is -0.480 e. The number of carboxylic acid groups (broad SMARTS) is 1. The van der Waals surface area contributed by atoms with E-state index in [0.29, 0.717) is 5.75 Å². The van der Waals surface area contributed by atoms with E-state index in [9.17, 15) is 39.0 Å². The zero-order chi connectivity index (χ0) is 26.4. The molecular formula is C19H34N6O8S. The van der Waals surface area contributed by atoms with Crippen LogP contribution in [-0.4, -0.2) is 88.0 Å². The van der Waals surface area contributed by atoms with Crippen LogP contribution in [0.1, 0.15) is 39.0 Å². The molecule has 0 rings (SSSR count). The van der Waals surface area contributed by atoms with Crippen molar-refractivity contribution in [1.29, 1.82) is 0 Å². The summed E-state index contributed by atoms with van der Waals surface area (Å²) >= 11 is 1.39.